The van der Waals surface area contributed by atoms with Crippen LogP contribution in [-0.4, -0.2) is 15.8 Å². The summed E-state index contributed by atoms with van der Waals surface area (Å²) in [7, 11) is 0. The SMILES string of the molecule is O=C(NCc1ccccc1)c1cc([N+](=O)[O-])cc([N+](=O)[O-])c1Cl. The Hall–Kier alpha value is -3.00. The number of nitrogens with one attached hydrogen (secondary N) is 1. The highest BCUT2D eigenvalue weighted by molar-refractivity contribution is 6.36. The summed E-state index contributed by atoms with van der Waals surface area (Å²) in [6.07, 6.45) is 0. The Morgan fingerprint density at radius 2 is 1.74 bits per heavy atom. The summed E-state index contributed by atoms with van der Waals surface area (Å²) in [5.74, 6) is -0.731. The number of carbonyl (C=O) groups is 1. The van der Waals surface area contributed by atoms with Crippen molar-refractivity contribution in [3.8, 4) is 0 Å². The lowest BCUT2D eigenvalue weighted by Gasteiger charge is -2.07. The smallest absolute Gasteiger partial charge is 0.295 e. The fourth-order valence-electron chi connectivity index (χ4n) is 1.87. The number of hydrogen-bond donors (Lipinski definition) is 1. The molecular weight excluding hydrogens is 326 g/mol. The zero-order chi connectivity index (χ0) is 17.0. The average Bonchev–Trinajstić information content (AvgIpc) is 2.53. The Kier molecular flexibility index (Phi) is 4.87. The van der Waals surface area contributed by atoms with E-state index >= 15 is 0 Å². The molecule has 1 amide bonds. The molecule has 0 saturated carbocycles. The summed E-state index contributed by atoms with van der Waals surface area (Å²) in [6, 6.07) is 10.6. The van der Waals surface area contributed by atoms with Crippen molar-refractivity contribution < 1.29 is 14.6 Å². The largest absolute Gasteiger partial charge is 0.348 e. The molecule has 0 saturated heterocycles. The number of nitro groups is 2. The fraction of sp³-hybridized carbons (Fsp3) is 0.0714. The van der Waals surface area contributed by atoms with Gasteiger partial charge >= 0.3 is 0 Å². The lowest BCUT2D eigenvalue weighted by molar-refractivity contribution is -0.394. The Morgan fingerprint density at radius 1 is 1.09 bits per heavy atom. The summed E-state index contributed by atoms with van der Waals surface area (Å²) in [4.78, 5) is 32.2. The van der Waals surface area contributed by atoms with E-state index in [0.29, 0.717) is 0 Å². The Bertz CT molecular complexity index is 779. The van der Waals surface area contributed by atoms with Crippen molar-refractivity contribution in [2.75, 3.05) is 0 Å². The van der Waals surface area contributed by atoms with Gasteiger partial charge in [-0.1, -0.05) is 41.9 Å². The summed E-state index contributed by atoms with van der Waals surface area (Å²) >= 11 is 5.83. The van der Waals surface area contributed by atoms with Crippen molar-refractivity contribution in [1.29, 1.82) is 0 Å². The van der Waals surface area contributed by atoms with Gasteiger partial charge in [-0.3, -0.25) is 25.0 Å². The van der Waals surface area contributed by atoms with Gasteiger partial charge in [0.05, 0.1) is 21.5 Å². The predicted molar refractivity (Wildman–Crippen MR) is 82.4 cm³/mol. The van der Waals surface area contributed by atoms with Crippen LogP contribution in [0.3, 0.4) is 0 Å². The summed E-state index contributed by atoms with van der Waals surface area (Å²) in [5.41, 5.74) is -0.780. The highest BCUT2D eigenvalue weighted by Crippen LogP contribution is 2.32. The van der Waals surface area contributed by atoms with Crippen LogP contribution >= 0.6 is 11.6 Å². The van der Waals surface area contributed by atoms with Crippen molar-refractivity contribution in [3.05, 3.63) is 78.8 Å². The van der Waals surface area contributed by atoms with Crippen molar-refractivity contribution in [1.82, 2.24) is 5.32 Å². The minimum Gasteiger partial charge on any atom is -0.348 e. The van der Waals surface area contributed by atoms with Crippen LogP contribution in [0.25, 0.3) is 0 Å². The number of carbonyl (C=O) groups excluding carboxylic acids is 1. The van der Waals surface area contributed by atoms with Crippen molar-refractivity contribution >= 4 is 28.9 Å². The van der Waals surface area contributed by atoms with Gasteiger partial charge in [0.15, 0.2) is 0 Å². The van der Waals surface area contributed by atoms with E-state index in [-0.39, 0.29) is 12.1 Å². The predicted octanol–water partition coefficient (Wildman–Crippen LogP) is 3.09. The van der Waals surface area contributed by atoms with Gasteiger partial charge in [-0.05, 0) is 5.56 Å². The fourth-order valence-corrected chi connectivity index (χ4v) is 2.14. The normalized spacial score (nSPS) is 10.1. The molecule has 0 aliphatic rings. The topological polar surface area (TPSA) is 115 Å². The van der Waals surface area contributed by atoms with E-state index in [0.717, 1.165) is 17.7 Å². The van der Waals surface area contributed by atoms with E-state index in [2.05, 4.69) is 5.32 Å². The number of non-ortho nitro benzene ring substituents is 1. The molecule has 0 bridgehead atoms. The van der Waals surface area contributed by atoms with Crippen LogP contribution < -0.4 is 5.32 Å². The molecule has 8 nitrogen and oxygen atoms in total. The molecule has 9 heteroatoms. The molecule has 0 fully saturated rings. The molecule has 0 aliphatic heterocycles. The second-order valence-corrected chi connectivity index (χ2v) is 4.89. The van der Waals surface area contributed by atoms with Gasteiger partial charge < -0.3 is 5.32 Å². The lowest BCUT2D eigenvalue weighted by Crippen LogP contribution is -2.23. The molecule has 0 atom stereocenters. The van der Waals surface area contributed by atoms with Crippen LogP contribution in [0.15, 0.2) is 42.5 Å². The Morgan fingerprint density at radius 3 is 2.30 bits per heavy atom. The molecule has 2 aromatic rings. The first kappa shape index (κ1) is 16.4. The first-order valence-electron chi connectivity index (χ1n) is 6.34. The number of halogens is 1. The number of nitrogens with zero attached hydrogens (tertiary/aromatic N) is 2. The van der Waals surface area contributed by atoms with Crippen LogP contribution in [0.2, 0.25) is 5.02 Å². The van der Waals surface area contributed by atoms with Gasteiger partial charge in [-0.2, -0.15) is 0 Å². The first-order chi connectivity index (χ1) is 10.9. The first-order valence-corrected chi connectivity index (χ1v) is 6.72. The molecule has 1 N–H and O–H groups in total. The summed E-state index contributed by atoms with van der Waals surface area (Å²) < 4.78 is 0. The molecule has 2 rings (SSSR count). The third-order valence-corrected chi connectivity index (χ3v) is 3.38. The van der Waals surface area contributed by atoms with Crippen LogP contribution in [0.1, 0.15) is 15.9 Å². The number of hydrogen-bond acceptors (Lipinski definition) is 5. The second kappa shape index (κ2) is 6.84. The third kappa shape index (κ3) is 3.80. The highest BCUT2D eigenvalue weighted by atomic mass is 35.5. The van der Waals surface area contributed by atoms with E-state index < -0.39 is 32.2 Å². The summed E-state index contributed by atoms with van der Waals surface area (Å²) in [6.45, 7) is 0.159. The maximum Gasteiger partial charge on any atom is 0.295 e. The molecule has 0 spiro atoms. The molecular formula is C14H10ClN3O5. The van der Waals surface area contributed by atoms with E-state index in [4.69, 9.17) is 11.6 Å². The van der Waals surface area contributed by atoms with E-state index in [9.17, 15) is 25.0 Å². The quantitative estimate of drug-likeness (QED) is 0.665. The van der Waals surface area contributed by atoms with Crippen molar-refractivity contribution in [2.24, 2.45) is 0 Å². The molecule has 23 heavy (non-hydrogen) atoms. The van der Waals surface area contributed by atoms with E-state index in [1.807, 2.05) is 6.07 Å². The van der Waals surface area contributed by atoms with Crippen molar-refractivity contribution in [3.63, 3.8) is 0 Å². The average molecular weight is 336 g/mol. The minimum absolute atomic E-state index is 0.159. The number of nitro benzene ring substituents is 2. The van der Waals surface area contributed by atoms with Crippen LogP contribution in [-0.2, 0) is 6.54 Å². The number of benzene rings is 2. The van der Waals surface area contributed by atoms with Gasteiger partial charge in [-0.15, -0.1) is 0 Å². The van der Waals surface area contributed by atoms with Gasteiger partial charge in [0.1, 0.15) is 5.02 Å². The minimum atomic E-state index is -0.872. The van der Waals surface area contributed by atoms with Gasteiger partial charge in [0.25, 0.3) is 17.3 Å². The Balaban J connectivity index is 2.31. The molecule has 0 radical (unpaired) electrons. The molecule has 0 aromatic heterocycles. The van der Waals surface area contributed by atoms with E-state index in [1.54, 1.807) is 24.3 Å². The Labute approximate surface area is 135 Å². The van der Waals surface area contributed by atoms with Crippen LogP contribution in [0, 0.1) is 20.2 Å². The zero-order valence-corrected chi connectivity index (χ0v) is 12.3. The lowest BCUT2D eigenvalue weighted by atomic mass is 10.1. The van der Waals surface area contributed by atoms with Crippen LogP contribution in [0.5, 0.6) is 0 Å². The van der Waals surface area contributed by atoms with E-state index in [1.165, 1.54) is 0 Å². The van der Waals surface area contributed by atoms with Crippen molar-refractivity contribution in [2.45, 2.75) is 6.54 Å². The number of amides is 1. The second-order valence-electron chi connectivity index (χ2n) is 4.51. The van der Waals surface area contributed by atoms with Gasteiger partial charge in [-0.25, -0.2) is 0 Å². The molecule has 2 aromatic carbocycles. The molecule has 0 heterocycles. The maximum atomic E-state index is 12.1. The molecule has 0 aliphatic carbocycles. The monoisotopic (exact) mass is 335 g/mol. The summed E-state index contributed by atoms with van der Waals surface area (Å²) in [5, 5.41) is 23.8. The molecule has 118 valence electrons. The standard InChI is InChI=1S/C14H10ClN3O5/c15-13-11(6-10(17(20)21)7-12(13)18(22)23)14(19)16-8-9-4-2-1-3-5-9/h1-7H,8H2,(H,16,19). The number of rotatable bonds is 5. The highest BCUT2D eigenvalue weighted by Gasteiger charge is 2.26. The zero-order valence-electron chi connectivity index (χ0n) is 11.6. The van der Waals surface area contributed by atoms with Gasteiger partial charge in [0, 0.05) is 12.6 Å². The van der Waals surface area contributed by atoms with Crippen LogP contribution in [0.4, 0.5) is 11.4 Å². The molecule has 0 unspecified atom stereocenters. The van der Waals surface area contributed by atoms with Gasteiger partial charge in [0.2, 0.25) is 0 Å². The third-order valence-electron chi connectivity index (χ3n) is 2.99. The maximum absolute atomic E-state index is 12.1.